The monoisotopic (exact) mass is 327 g/mol. The van der Waals surface area contributed by atoms with Crippen molar-refractivity contribution in [1.82, 2.24) is 5.32 Å². The maximum atomic E-state index is 12.0. The van der Waals surface area contributed by atoms with E-state index in [9.17, 15) is 9.59 Å². The van der Waals surface area contributed by atoms with Gasteiger partial charge in [0, 0.05) is 0 Å². The van der Waals surface area contributed by atoms with Crippen molar-refractivity contribution < 1.29 is 19.4 Å². The van der Waals surface area contributed by atoms with Crippen molar-refractivity contribution in [2.45, 2.75) is 25.5 Å². The maximum Gasteiger partial charge on any atom is 0.326 e. The molecule has 0 spiro atoms. The summed E-state index contributed by atoms with van der Waals surface area (Å²) in [6, 6.07) is 18.3. The third kappa shape index (κ3) is 4.93. The fraction of sp³-hybridized carbons (Fsp3) is 0.263. The number of aliphatic carboxylic acids is 1. The minimum absolute atomic E-state index is 0.210. The number of carboxylic acids is 1. The second-order valence-corrected chi connectivity index (χ2v) is 5.38. The molecule has 0 aromatic heterocycles. The number of hydrogen-bond donors (Lipinski definition) is 2. The molecule has 126 valence electrons. The SMILES string of the molecule is CCC(NC(=O)COC(c1ccccc1)c1ccccc1)C(=O)O. The van der Waals surface area contributed by atoms with Crippen LogP contribution in [0.2, 0.25) is 0 Å². The molecular formula is C19H21NO4. The van der Waals surface area contributed by atoms with E-state index in [0.29, 0.717) is 6.42 Å². The molecule has 0 bridgehead atoms. The Bertz CT molecular complexity index is 618. The van der Waals surface area contributed by atoms with E-state index in [1.54, 1.807) is 6.92 Å². The Kier molecular flexibility index (Phi) is 6.51. The number of benzene rings is 2. The normalized spacial score (nSPS) is 11.9. The molecule has 0 saturated heterocycles. The van der Waals surface area contributed by atoms with Crippen LogP contribution >= 0.6 is 0 Å². The van der Waals surface area contributed by atoms with Crippen LogP contribution in [-0.2, 0) is 14.3 Å². The first-order valence-electron chi connectivity index (χ1n) is 7.85. The van der Waals surface area contributed by atoms with Crippen LogP contribution in [0.5, 0.6) is 0 Å². The molecule has 0 aliphatic carbocycles. The summed E-state index contributed by atoms with van der Waals surface area (Å²) < 4.78 is 5.80. The molecule has 5 heteroatoms. The summed E-state index contributed by atoms with van der Waals surface area (Å²) in [5.41, 5.74) is 1.86. The smallest absolute Gasteiger partial charge is 0.326 e. The number of ether oxygens (including phenoxy) is 1. The van der Waals surface area contributed by atoms with Crippen LogP contribution in [0.4, 0.5) is 0 Å². The summed E-state index contributed by atoms with van der Waals surface area (Å²) in [6.07, 6.45) is -0.0648. The molecule has 0 heterocycles. The molecule has 0 fully saturated rings. The van der Waals surface area contributed by atoms with Gasteiger partial charge in [0.15, 0.2) is 0 Å². The van der Waals surface area contributed by atoms with Crippen LogP contribution in [0.25, 0.3) is 0 Å². The average Bonchev–Trinajstić information content (AvgIpc) is 2.61. The third-order valence-corrected chi connectivity index (χ3v) is 3.63. The number of carbonyl (C=O) groups is 2. The zero-order chi connectivity index (χ0) is 17.4. The molecule has 2 N–H and O–H groups in total. The first-order valence-corrected chi connectivity index (χ1v) is 7.85. The Balaban J connectivity index is 2.07. The fourth-order valence-corrected chi connectivity index (χ4v) is 2.37. The van der Waals surface area contributed by atoms with E-state index in [1.165, 1.54) is 0 Å². The number of carboxylic acid groups (broad SMARTS) is 1. The number of rotatable bonds is 8. The van der Waals surface area contributed by atoms with Gasteiger partial charge in [-0.25, -0.2) is 4.79 Å². The van der Waals surface area contributed by atoms with Crippen molar-refractivity contribution in [3.63, 3.8) is 0 Å². The highest BCUT2D eigenvalue weighted by Gasteiger charge is 2.20. The predicted octanol–water partition coefficient (Wildman–Crippen LogP) is 2.77. The van der Waals surface area contributed by atoms with Crippen LogP contribution in [0.1, 0.15) is 30.6 Å². The predicted molar refractivity (Wildman–Crippen MR) is 90.5 cm³/mol. The highest BCUT2D eigenvalue weighted by atomic mass is 16.5. The average molecular weight is 327 g/mol. The fourth-order valence-electron chi connectivity index (χ4n) is 2.37. The van der Waals surface area contributed by atoms with Crippen LogP contribution in [0.3, 0.4) is 0 Å². The minimum atomic E-state index is -1.05. The lowest BCUT2D eigenvalue weighted by Crippen LogP contribution is -2.42. The highest BCUT2D eigenvalue weighted by molar-refractivity contribution is 5.84. The summed E-state index contributed by atoms with van der Waals surface area (Å²) in [7, 11) is 0. The Labute approximate surface area is 141 Å². The summed E-state index contributed by atoms with van der Waals surface area (Å²) in [5.74, 6) is -1.49. The largest absolute Gasteiger partial charge is 0.480 e. The quantitative estimate of drug-likeness (QED) is 0.782. The van der Waals surface area contributed by atoms with E-state index in [-0.39, 0.29) is 12.7 Å². The van der Waals surface area contributed by atoms with E-state index >= 15 is 0 Å². The second kappa shape index (κ2) is 8.84. The van der Waals surface area contributed by atoms with Crippen molar-refractivity contribution >= 4 is 11.9 Å². The van der Waals surface area contributed by atoms with E-state index in [0.717, 1.165) is 11.1 Å². The lowest BCUT2D eigenvalue weighted by molar-refractivity contribution is -0.142. The Morgan fingerprint density at radius 3 is 1.92 bits per heavy atom. The zero-order valence-electron chi connectivity index (χ0n) is 13.5. The van der Waals surface area contributed by atoms with Gasteiger partial charge in [0.2, 0.25) is 5.91 Å². The van der Waals surface area contributed by atoms with Gasteiger partial charge >= 0.3 is 5.97 Å². The topological polar surface area (TPSA) is 75.6 Å². The minimum Gasteiger partial charge on any atom is -0.480 e. The van der Waals surface area contributed by atoms with Crippen LogP contribution in [0, 0.1) is 0 Å². The molecule has 0 aliphatic heterocycles. The van der Waals surface area contributed by atoms with E-state index in [1.807, 2.05) is 60.7 Å². The molecule has 2 rings (SSSR count). The van der Waals surface area contributed by atoms with Crippen molar-refractivity contribution in [1.29, 1.82) is 0 Å². The Morgan fingerprint density at radius 1 is 1.00 bits per heavy atom. The highest BCUT2D eigenvalue weighted by Crippen LogP contribution is 2.25. The van der Waals surface area contributed by atoms with Crippen LogP contribution < -0.4 is 5.32 Å². The Morgan fingerprint density at radius 2 is 1.50 bits per heavy atom. The van der Waals surface area contributed by atoms with Crippen molar-refractivity contribution in [2.24, 2.45) is 0 Å². The molecule has 1 unspecified atom stereocenters. The Hall–Kier alpha value is -2.66. The van der Waals surface area contributed by atoms with Crippen LogP contribution in [0.15, 0.2) is 60.7 Å². The number of nitrogens with one attached hydrogen (secondary N) is 1. The maximum absolute atomic E-state index is 12.0. The molecule has 0 saturated carbocycles. The molecule has 2 aromatic carbocycles. The molecule has 0 aliphatic rings. The molecule has 24 heavy (non-hydrogen) atoms. The van der Waals surface area contributed by atoms with Gasteiger partial charge in [0.1, 0.15) is 18.8 Å². The second-order valence-electron chi connectivity index (χ2n) is 5.38. The summed E-state index contributed by atoms with van der Waals surface area (Å²) >= 11 is 0. The molecule has 2 aromatic rings. The van der Waals surface area contributed by atoms with Crippen molar-refractivity contribution in [3.05, 3.63) is 71.8 Å². The van der Waals surface area contributed by atoms with Crippen molar-refractivity contribution in [3.8, 4) is 0 Å². The molecular weight excluding hydrogens is 306 g/mol. The first kappa shape index (κ1) is 17.7. The van der Waals surface area contributed by atoms with Crippen LogP contribution in [-0.4, -0.2) is 29.6 Å². The third-order valence-electron chi connectivity index (χ3n) is 3.63. The molecule has 0 radical (unpaired) electrons. The van der Waals surface area contributed by atoms with Gasteiger partial charge < -0.3 is 15.2 Å². The number of carbonyl (C=O) groups excluding carboxylic acids is 1. The lowest BCUT2D eigenvalue weighted by Gasteiger charge is -2.19. The van der Waals surface area contributed by atoms with Crippen molar-refractivity contribution in [2.75, 3.05) is 6.61 Å². The zero-order valence-corrected chi connectivity index (χ0v) is 13.5. The first-order chi connectivity index (χ1) is 11.6. The standard InChI is InChI=1S/C19H21NO4/c1-2-16(19(22)23)20-17(21)13-24-18(14-9-5-3-6-10-14)15-11-7-4-8-12-15/h3-12,16,18H,2,13H2,1H3,(H,20,21)(H,22,23). The van der Waals surface area contributed by atoms with Gasteiger partial charge in [-0.3, -0.25) is 4.79 Å². The van der Waals surface area contributed by atoms with E-state index in [4.69, 9.17) is 9.84 Å². The molecule has 1 amide bonds. The summed E-state index contributed by atoms with van der Waals surface area (Å²) in [4.78, 5) is 23.0. The van der Waals surface area contributed by atoms with Gasteiger partial charge in [0.05, 0.1) is 0 Å². The lowest BCUT2D eigenvalue weighted by atomic mass is 10.0. The van der Waals surface area contributed by atoms with Gasteiger partial charge in [0.25, 0.3) is 0 Å². The summed E-state index contributed by atoms with van der Waals surface area (Å²) in [5, 5.41) is 11.5. The summed E-state index contributed by atoms with van der Waals surface area (Å²) in [6.45, 7) is 1.49. The van der Waals surface area contributed by atoms with Gasteiger partial charge in [-0.1, -0.05) is 67.6 Å². The van der Waals surface area contributed by atoms with E-state index < -0.39 is 17.9 Å². The number of amides is 1. The van der Waals surface area contributed by atoms with Gasteiger partial charge in [-0.2, -0.15) is 0 Å². The number of hydrogen-bond acceptors (Lipinski definition) is 3. The van der Waals surface area contributed by atoms with E-state index in [2.05, 4.69) is 5.32 Å². The molecule has 1 atom stereocenters. The van der Waals surface area contributed by atoms with Gasteiger partial charge in [-0.15, -0.1) is 0 Å². The van der Waals surface area contributed by atoms with Gasteiger partial charge in [-0.05, 0) is 17.5 Å². The molecule has 5 nitrogen and oxygen atoms in total.